The number of aromatic nitrogens is 1. The fourth-order valence-corrected chi connectivity index (χ4v) is 11.1. The molecule has 0 aliphatic carbocycles. The minimum absolute atomic E-state index is 0.0690. The summed E-state index contributed by atoms with van der Waals surface area (Å²) in [5, 5.41) is 2.14. The van der Waals surface area contributed by atoms with Gasteiger partial charge in [-0.3, -0.25) is 0 Å². The van der Waals surface area contributed by atoms with E-state index < -0.39 is 0 Å². The lowest BCUT2D eigenvalue weighted by molar-refractivity contribution is 0.360. The van der Waals surface area contributed by atoms with Crippen molar-refractivity contribution in [1.82, 2.24) is 4.48 Å². The Hall–Kier alpha value is -8.42. The maximum absolute atomic E-state index is 7.06. The Labute approximate surface area is 394 Å². The number of ether oxygens (including phenoxy) is 2. The number of benzene rings is 9. The maximum atomic E-state index is 7.06. The van der Waals surface area contributed by atoms with Crippen LogP contribution in [-0.2, 0) is 5.41 Å². The Morgan fingerprint density at radius 3 is 1.84 bits per heavy atom. The third-order valence-electron chi connectivity index (χ3n) is 14.1. The Balaban J connectivity index is 1.12. The van der Waals surface area contributed by atoms with E-state index >= 15 is 0 Å². The van der Waals surface area contributed by atoms with Crippen LogP contribution in [0.15, 0.2) is 199 Å². The number of fused-ring (bicyclic) bond motifs is 11. The first-order chi connectivity index (χ1) is 33.3. The van der Waals surface area contributed by atoms with E-state index in [9.17, 15) is 0 Å². The molecule has 5 heterocycles. The van der Waals surface area contributed by atoms with Crippen LogP contribution in [0.3, 0.4) is 0 Å². The number of nitrogens with zero attached hydrogens (tertiary/aromatic N) is 3. The third kappa shape index (κ3) is 5.65. The molecule has 0 amide bonds. The molecule has 0 unspecified atom stereocenters. The Bertz CT molecular complexity index is 3830. The van der Waals surface area contributed by atoms with E-state index in [4.69, 9.17) is 13.9 Å². The number of anilines is 6. The number of rotatable bonds is 5. The van der Waals surface area contributed by atoms with Crippen molar-refractivity contribution in [2.24, 2.45) is 0 Å². The second-order valence-electron chi connectivity index (χ2n) is 19.4. The van der Waals surface area contributed by atoms with E-state index in [2.05, 4.69) is 212 Å². The summed E-state index contributed by atoms with van der Waals surface area (Å²) in [7, 11) is 0. The Morgan fingerprint density at radius 1 is 0.485 bits per heavy atom. The van der Waals surface area contributed by atoms with Crippen LogP contribution in [-0.4, -0.2) is 11.3 Å². The SMILES string of the molecule is Cc1cc2c3c(c1)N(c1ccc(C(C)(C)C)cc1-c1ccccc1)c1cc4c(cc1B3n1c3c-2cc(N(c2ccccc2)c2ccccc2)cc3c2oc3ccccc3c21)Oc1ccccc1O4. The van der Waals surface area contributed by atoms with Crippen molar-refractivity contribution in [3.8, 4) is 45.3 Å². The predicted molar refractivity (Wildman–Crippen MR) is 280 cm³/mol. The van der Waals surface area contributed by atoms with E-state index in [0.717, 1.165) is 89.2 Å². The molecule has 0 N–H and O–H groups in total. The zero-order chi connectivity index (χ0) is 45.4. The quantitative estimate of drug-likeness (QED) is 0.161. The molecule has 324 valence electrons. The molecule has 11 aromatic rings. The molecule has 0 saturated carbocycles. The summed E-state index contributed by atoms with van der Waals surface area (Å²) in [5.74, 6) is 2.75. The molecule has 0 radical (unpaired) electrons. The van der Waals surface area contributed by atoms with Gasteiger partial charge in [0.2, 0.25) is 0 Å². The number of furan rings is 1. The summed E-state index contributed by atoms with van der Waals surface area (Å²) in [6.07, 6.45) is 0. The van der Waals surface area contributed by atoms with E-state index in [1.54, 1.807) is 0 Å². The zero-order valence-electron chi connectivity index (χ0n) is 38.1. The van der Waals surface area contributed by atoms with Crippen LogP contribution in [0.2, 0.25) is 0 Å². The highest BCUT2D eigenvalue weighted by Crippen LogP contribution is 2.54. The number of aryl methyl sites for hydroxylation is 1. The first-order valence-corrected chi connectivity index (χ1v) is 23.4. The molecule has 68 heavy (non-hydrogen) atoms. The number of para-hydroxylation sites is 5. The van der Waals surface area contributed by atoms with Crippen LogP contribution in [0.4, 0.5) is 34.1 Å². The van der Waals surface area contributed by atoms with Crippen LogP contribution in [0, 0.1) is 6.92 Å². The average Bonchev–Trinajstić information content (AvgIpc) is 3.90. The standard InChI is InChI=1S/C61H44BN3O3/c1-37-30-45-46-33-42(63(40-20-10-6-11-21-40)41-22-12-7-13-23-41)34-47-58(46)65(59-43-24-14-15-25-52(43)68-60(47)59)62-48-35-55-56(67-54-27-17-16-26-53(54)66-55)36-50(48)64(51(31-37)57(45)62)49-29-28-39(61(2,3)4)32-44(49)38-18-8-5-9-19-38/h5-36H,1-4H3. The van der Waals surface area contributed by atoms with Gasteiger partial charge in [0.15, 0.2) is 28.6 Å². The van der Waals surface area contributed by atoms with Crippen LogP contribution >= 0.6 is 0 Å². The highest BCUT2D eigenvalue weighted by molar-refractivity contribution is 6.90. The molecule has 0 fully saturated rings. The fraction of sp³-hybridized carbons (Fsp3) is 0.0820. The van der Waals surface area contributed by atoms with Crippen molar-refractivity contribution < 1.29 is 13.9 Å². The van der Waals surface area contributed by atoms with Gasteiger partial charge in [-0.2, -0.15) is 0 Å². The van der Waals surface area contributed by atoms with Gasteiger partial charge in [-0.1, -0.05) is 124 Å². The molecule has 7 heteroatoms. The van der Waals surface area contributed by atoms with Crippen molar-refractivity contribution in [3.63, 3.8) is 0 Å². The molecule has 3 aliphatic rings. The van der Waals surface area contributed by atoms with Gasteiger partial charge in [0.25, 0.3) is 0 Å². The lowest BCUT2D eigenvalue weighted by Crippen LogP contribution is -2.56. The maximum Gasteiger partial charge on any atom is 0.333 e. The molecule has 0 saturated heterocycles. The summed E-state index contributed by atoms with van der Waals surface area (Å²) < 4.78 is 23.2. The first-order valence-electron chi connectivity index (χ1n) is 23.4. The number of hydrogen-bond acceptors (Lipinski definition) is 5. The van der Waals surface area contributed by atoms with E-state index in [0.29, 0.717) is 23.0 Å². The van der Waals surface area contributed by atoms with Gasteiger partial charge in [0, 0.05) is 61.9 Å². The summed E-state index contributed by atoms with van der Waals surface area (Å²) in [6.45, 7) is 8.84. The second-order valence-corrected chi connectivity index (χ2v) is 19.4. The third-order valence-corrected chi connectivity index (χ3v) is 14.1. The van der Waals surface area contributed by atoms with Gasteiger partial charge in [0.05, 0.1) is 11.2 Å². The molecule has 0 spiro atoms. The van der Waals surface area contributed by atoms with Crippen LogP contribution in [0.25, 0.3) is 55.2 Å². The van der Waals surface area contributed by atoms with E-state index in [1.807, 2.05) is 24.3 Å². The van der Waals surface area contributed by atoms with Crippen molar-refractivity contribution in [3.05, 3.63) is 205 Å². The van der Waals surface area contributed by atoms with Crippen molar-refractivity contribution in [2.75, 3.05) is 9.80 Å². The Kier molecular flexibility index (Phi) is 8.16. The summed E-state index contributed by atoms with van der Waals surface area (Å²) >= 11 is 0. The lowest BCUT2D eigenvalue weighted by atomic mass is 9.45. The van der Waals surface area contributed by atoms with Crippen LogP contribution in [0.5, 0.6) is 23.0 Å². The molecule has 0 bridgehead atoms. The molecule has 3 aliphatic heterocycles. The summed E-state index contributed by atoms with van der Waals surface area (Å²) in [4.78, 5) is 4.86. The van der Waals surface area contributed by atoms with Crippen LogP contribution in [0.1, 0.15) is 31.9 Å². The molecule has 0 atom stereocenters. The second kappa shape index (κ2) is 14.3. The lowest BCUT2D eigenvalue weighted by Gasteiger charge is -2.42. The highest BCUT2D eigenvalue weighted by atomic mass is 16.6. The van der Waals surface area contributed by atoms with Gasteiger partial charge < -0.3 is 28.2 Å². The minimum Gasteiger partial charge on any atom is -0.454 e. The number of hydrogen-bond donors (Lipinski definition) is 0. The average molecular weight is 878 g/mol. The van der Waals surface area contributed by atoms with Gasteiger partial charge in [-0.05, 0) is 130 Å². The highest BCUT2D eigenvalue weighted by Gasteiger charge is 2.45. The van der Waals surface area contributed by atoms with Gasteiger partial charge >= 0.3 is 6.85 Å². The monoisotopic (exact) mass is 877 g/mol. The minimum atomic E-state index is -0.259. The van der Waals surface area contributed by atoms with Gasteiger partial charge in [-0.25, -0.2) is 0 Å². The molecule has 9 aromatic carbocycles. The summed E-state index contributed by atoms with van der Waals surface area (Å²) in [6, 6.07) is 69.6. The van der Waals surface area contributed by atoms with E-state index in [1.165, 1.54) is 22.2 Å². The molecule has 2 aromatic heterocycles. The first kappa shape index (κ1) is 38.8. The predicted octanol–water partition coefficient (Wildman–Crippen LogP) is 15.6. The van der Waals surface area contributed by atoms with E-state index in [-0.39, 0.29) is 12.3 Å². The molecular weight excluding hydrogens is 834 g/mol. The smallest absolute Gasteiger partial charge is 0.333 e. The van der Waals surface area contributed by atoms with Crippen molar-refractivity contribution in [1.29, 1.82) is 0 Å². The molecular formula is C61H44BN3O3. The van der Waals surface area contributed by atoms with Crippen LogP contribution < -0.4 is 30.2 Å². The Morgan fingerprint density at radius 2 is 1.13 bits per heavy atom. The molecule has 6 nitrogen and oxygen atoms in total. The largest absolute Gasteiger partial charge is 0.454 e. The van der Waals surface area contributed by atoms with Gasteiger partial charge in [-0.15, -0.1) is 0 Å². The fourth-order valence-electron chi connectivity index (χ4n) is 11.1. The van der Waals surface area contributed by atoms with Crippen molar-refractivity contribution >= 4 is 84.9 Å². The summed E-state index contributed by atoms with van der Waals surface area (Å²) in [5.41, 5.74) is 19.7. The zero-order valence-corrected chi connectivity index (χ0v) is 38.1. The van der Waals surface area contributed by atoms with Crippen molar-refractivity contribution in [2.45, 2.75) is 33.1 Å². The normalized spacial score (nSPS) is 13.2. The topological polar surface area (TPSA) is 43.0 Å². The molecule has 14 rings (SSSR count). The van der Waals surface area contributed by atoms with Gasteiger partial charge in [0.1, 0.15) is 5.58 Å².